The first-order chi connectivity index (χ1) is 13.5. The standard InChI is InChI=1S/C19H23N3O6/c23-19(13-6-2-1-3-7-13)28-20-17-9-5-4-8-15(17)16-11-10-14(21(24)25)12-18(16)22(26)27/h10-13,15H,1-9H2/b20-17-/t15-/m1/s1. The number of non-ortho nitro benzene ring substituents is 1. The lowest BCUT2D eigenvalue weighted by Gasteiger charge is -2.24. The van der Waals surface area contributed by atoms with Crippen molar-refractivity contribution >= 4 is 23.1 Å². The third-order valence-corrected chi connectivity index (χ3v) is 5.57. The second-order valence-corrected chi connectivity index (χ2v) is 7.38. The van der Waals surface area contributed by atoms with Crippen LogP contribution in [0.15, 0.2) is 23.4 Å². The van der Waals surface area contributed by atoms with Crippen molar-refractivity contribution in [3.05, 3.63) is 44.0 Å². The van der Waals surface area contributed by atoms with Crippen LogP contribution in [0.5, 0.6) is 0 Å². The van der Waals surface area contributed by atoms with Gasteiger partial charge in [-0.1, -0.05) is 30.8 Å². The molecule has 9 heteroatoms. The van der Waals surface area contributed by atoms with Crippen molar-refractivity contribution in [3.8, 4) is 0 Å². The van der Waals surface area contributed by atoms with Crippen LogP contribution in [0.3, 0.4) is 0 Å². The number of nitro groups is 2. The van der Waals surface area contributed by atoms with E-state index in [1.54, 1.807) is 0 Å². The van der Waals surface area contributed by atoms with Crippen LogP contribution in [0.4, 0.5) is 11.4 Å². The van der Waals surface area contributed by atoms with Gasteiger partial charge in [0.25, 0.3) is 11.4 Å². The zero-order valence-electron chi connectivity index (χ0n) is 15.5. The number of carbonyl (C=O) groups is 1. The lowest BCUT2D eigenvalue weighted by Crippen LogP contribution is -2.22. The molecule has 2 fully saturated rings. The van der Waals surface area contributed by atoms with E-state index in [4.69, 9.17) is 4.84 Å². The van der Waals surface area contributed by atoms with E-state index >= 15 is 0 Å². The Morgan fingerprint density at radius 1 is 1.00 bits per heavy atom. The summed E-state index contributed by atoms with van der Waals surface area (Å²) in [4.78, 5) is 38.6. The fourth-order valence-electron chi connectivity index (χ4n) is 4.05. The molecule has 28 heavy (non-hydrogen) atoms. The first-order valence-corrected chi connectivity index (χ1v) is 9.67. The van der Waals surface area contributed by atoms with Gasteiger partial charge in [0, 0.05) is 17.5 Å². The van der Waals surface area contributed by atoms with E-state index in [1.807, 2.05) is 0 Å². The van der Waals surface area contributed by atoms with E-state index in [1.165, 1.54) is 12.1 Å². The summed E-state index contributed by atoms with van der Waals surface area (Å²) in [5.41, 5.74) is 0.344. The molecule has 0 radical (unpaired) electrons. The van der Waals surface area contributed by atoms with Gasteiger partial charge < -0.3 is 4.84 Å². The van der Waals surface area contributed by atoms with Gasteiger partial charge in [0.1, 0.15) is 0 Å². The molecular formula is C19H23N3O6. The van der Waals surface area contributed by atoms with Crippen LogP contribution < -0.4 is 0 Å². The van der Waals surface area contributed by atoms with Crippen LogP contribution >= 0.6 is 0 Å². The molecule has 0 saturated heterocycles. The number of hydrogen-bond donors (Lipinski definition) is 0. The van der Waals surface area contributed by atoms with Gasteiger partial charge in [0.05, 0.1) is 27.5 Å². The van der Waals surface area contributed by atoms with Gasteiger partial charge in [-0.2, -0.15) is 0 Å². The summed E-state index contributed by atoms with van der Waals surface area (Å²) in [6, 6.07) is 3.67. The average Bonchev–Trinajstić information content (AvgIpc) is 2.72. The molecule has 2 aliphatic carbocycles. The molecule has 2 saturated carbocycles. The number of carbonyl (C=O) groups excluding carboxylic acids is 1. The van der Waals surface area contributed by atoms with E-state index in [2.05, 4.69) is 5.16 Å². The molecule has 0 aromatic heterocycles. The van der Waals surface area contributed by atoms with Crippen LogP contribution in [0.2, 0.25) is 0 Å². The molecular weight excluding hydrogens is 366 g/mol. The van der Waals surface area contributed by atoms with Gasteiger partial charge in [0.15, 0.2) is 0 Å². The Kier molecular flexibility index (Phi) is 6.33. The normalized spacial score (nSPS) is 22.0. The van der Waals surface area contributed by atoms with Crippen molar-refractivity contribution < 1.29 is 19.5 Å². The smallest absolute Gasteiger partial charge is 0.318 e. The molecule has 0 unspecified atom stereocenters. The minimum atomic E-state index is -0.654. The molecule has 0 heterocycles. The molecule has 1 atom stereocenters. The first-order valence-electron chi connectivity index (χ1n) is 9.67. The largest absolute Gasteiger partial charge is 0.338 e. The number of oxime groups is 1. The van der Waals surface area contributed by atoms with Gasteiger partial charge in [-0.25, -0.2) is 4.79 Å². The summed E-state index contributed by atoms with van der Waals surface area (Å²) in [6.07, 6.45) is 7.68. The number of nitro benzene ring substituents is 2. The predicted molar refractivity (Wildman–Crippen MR) is 101 cm³/mol. The van der Waals surface area contributed by atoms with E-state index < -0.39 is 9.85 Å². The van der Waals surface area contributed by atoms with Crippen molar-refractivity contribution in [1.29, 1.82) is 0 Å². The van der Waals surface area contributed by atoms with Gasteiger partial charge in [-0.05, 0) is 38.2 Å². The monoisotopic (exact) mass is 389 g/mol. The molecule has 3 rings (SSSR count). The summed E-state index contributed by atoms with van der Waals surface area (Å²) < 4.78 is 0. The molecule has 1 aromatic rings. The number of benzene rings is 1. The third-order valence-electron chi connectivity index (χ3n) is 5.57. The maximum Gasteiger partial charge on any atom is 0.338 e. The molecule has 0 spiro atoms. The Hall–Kier alpha value is -2.84. The highest BCUT2D eigenvalue weighted by molar-refractivity contribution is 5.92. The van der Waals surface area contributed by atoms with Crippen LogP contribution in [-0.2, 0) is 9.63 Å². The molecule has 0 bridgehead atoms. The quantitative estimate of drug-likeness (QED) is 0.410. The Bertz CT molecular complexity index is 801. The summed E-state index contributed by atoms with van der Waals surface area (Å²) >= 11 is 0. The van der Waals surface area contributed by atoms with Gasteiger partial charge >= 0.3 is 5.97 Å². The lowest BCUT2D eigenvalue weighted by atomic mass is 9.81. The van der Waals surface area contributed by atoms with E-state index in [-0.39, 0.29) is 29.2 Å². The topological polar surface area (TPSA) is 125 Å². The minimum Gasteiger partial charge on any atom is -0.318 e. The van der Waals surface area contributed by atoms with Crippen LogP contribution in [0.25, 0.3) is 0 Å². The average molecular weight is 389 g/mol. The Labute approximate surface area is 162 Å². The highest BCUT2D eigenvalue weighted by Crippen LogP contribution is 2.38. The molecule has 150 valence electrons. The lowest BCUT2D eigenvalue weighted by molar-refractivity contribution is -0.394. The number of rotatable bonds is 5. The molecule has 0 amide bonds. The fourth-order valence-corrected chi connectivity index (χ4v) is 4.05. The fraction of sp³-hybridized carbons (Fsp3) is 0.579. The Morgan fingerprint density at radius 2 is 1.71 bits per heavy atom. The van der Waals surface area contributed by atoms with E-state index in [0.717, 1.165) is 51.0 Å². The summed E-state index contributed by atoms with van der Waals surface area (Å²) in [7, 11) is 0. The maximum absolute atomic E-state index is 12.3. The van der Waals surface area contributed by atoms with Crippen molar-refractivity contribution in [2.75, 3.05) is 0 Å². The molecule has 0 N–H and O–H groups in total. The third kappa shape index (κ3) is 4.52. The van der Waals surface area contributed by atoms with Gasteiger partial charge in [-0.3, -0.25) is 20.2 Å². The minimum absolute atomic E-state index is 0.131. The van der Waals surface area contributed by atoms with Crippen molar-refractivity contribution in [1.82, 2.24) is 0 Å². The zero-order chi connectivity index (χ0) is 20.1. The highest BCUT2D eigenvalue weighted by atomic mass is 16.7. The second kappa shape index (κ2) is 8.90. The van der Waals surface area contributed by atoms with Crippen molar-refractivity contribution in [2.24, 2.45) is 11.1 Å². The van der Waals surface area contributed by atoms with Gasteiger partial charge in [-0.15, -0.1) is 0 Å². The zero-order valence-corrected chi connectivity index (χ0v) is 15.5. The summed E-state index contributed by atoms with van der Waals surface area (Å²) in [6.45, 7) is 0. The molecule has 2 aliphatic rings. The summed E-state index contributed by atoms with van der Waals surface area (Å²) in [5, 5.41) is 26.5. The Morgan fingerprint density at radius 3 is 2.39 bits per heavy atom. The maximum atomic E-state index is 12.3. The first kappa shape index (κ1) is 19.9. The molecule has 1 aromatic carbocycles. The van der Waals surface area contributed by atoms with Crippen LogP contribution in [-0.4, -0.2) is 21.5 Å². The summed E-state index contributed by atoms with van der Waals surface area (Å²) in [5.74, 6) is -0.849. The number of nitrogens with zero attached hydrogens (tertiary/aromatic N) is 3. The predicted octanol–water partition coefficient (Wildman–Crippen LogP) is 4.64. The molecule has 9 nitrogen and oxygen atoms in total. The number of hydrogen-bond acceptors (Lipinski definition) is 7. The van der Waals surface area contributed by atoms with Gasteiger partial charge in [0.2, 0.25) is 0 Å². The van der Waals surface area contributed by atoms with Crippen LogP contribution in [0, 0.1) is 26.1 Å². The van der Waals surface area contributed by atoms with E-state index in [9.17, 15) is 25.0 Å². The van der Waals surface area contributed by atoms with Crippen LogP contribution in [0.1, 0.15) is 69.3 Å². The highest BCUT2D eigenvalue weighted by Gasteiger charge is 2.31. The Balaban J connectivity index is 1.83. The SMILES string of the molecule is O=C(O/N=C1/CCCC[C@@H]1c1ccc([N+](=O)[O-])cc1[N+](=O)[O-])C1CCCCC1. The second-order valence-electron chi connectivity index (χ2n) is 7.38. The van der Waals surface area contributed by atoms with Crippen molar-refractivity contribution in [3.63, 3.8) is 0 Å². The molecule has 0 aliphatic heterocycles. The van der Waals surface area contributed by atoms with Crippen molar-refractivity contribution in [2.45, 2.75) is 63.7 Å². The van der Waals surface area contributed by atoms with E-state index in [0.29, 0.717) is 24.1 Å².